The first-order valence-corrected chi connectivity index (χ1v) is 13.0. The van der Waals surface area contributed by atoms with E-state index in [1.807, 2.05) is 6.92 Å². The molecule has 36 heavy (non-hydrogen) atoms. The van der Waals surface area contributed by atoms with Crippen molar-refractivity contribution >= 4 is 27.5 Å². The summed E-state index contributed by atoms with van der Waals surface area (Å²) in [6.07, 6.45) is 0.540. The number of para-hydroxylation sites is 1. The van der Waals surface area contributed by atoms with Crippen molar-refractivity contribution in [1.82, 2.24) is 10.2 Å². The smallest absolute Gasteiger partial charge is 0.264 e. The highest BCUT2D eigenvalue weighted by Gasteiger charge is 2.33. The van der Waals surface area contributed by atoms with Crippen LogP contribution in [0.25, 0.3) is 0 Å². The van der Waals surface area contributed by atoms with E-state index in [-0.39, 0.29) is 17.0 Å². The van der Waals surface area contributed by atoms with Crippen LogP contribution < -0.4 is 9.62 Å². The number of nitrogens with one attached hydrogen (secondary N) is 1. The molecule has 1 N–H and O–H groups in total. The minimum atomic E-state index is -4.14. The number of hydrogen-bond acceptors (Lipinski definition) is 4. The van der Waals surface area contributed by atoms with Gasteiger partial charge < -0.3 is 10.2 Å². The molecule has 0 fully saturated rings. The summed E-state index contributed by atoms with van der Waals surface area (Å²) in [4.78, 5) is 27.4. The van der Waals surface area contributed by atoms with Crippen LogP contribution in [-0.2, 0) is 32.6 Å². The minimum Gasteiger partial charge on any atom is -0.357 e. The monoisotopic (exact) mass is 511 g/mol. The second-order valence-electron chi connectivity index (χ2n) is 8.21. The zero-order chi connectivity index (χ0) is 26.3. The molecule has 1 atom stereocenters. The zero-order valence-electron chi connectivity index (χ0n) is 20.5. The Hall–Kier alpha value is -3.72. The molecule has 0 saturated carbocycles. The van der Waals surface area contributed by atoms with E-state index in [2.05, 4.69) is 5.32 Å². The van der Waals surface area contributed by atoms with E-state index < -0.39 is 40.2 Å². The molecule has 0 radical (unpaired) electrons. The highest BCUT2D eigenvalue weighted by molar-refractivity contribution is 7.92. The van der Waals surface area contributed by atoms with Crippen molar-refractivity contribution in [3.8, 4) is 0 Å². The largest absolute Gasteiger partial charge is 0.357 e. The normalized spacial score (nSPS) is 12.0. The number of anilines is 1. The van der Waals surface area contributed by atoms with E-state index in [1.165, 1.54) is 49.2 Å². The molecule has 0 aromatic heterocycles. The molecule has 0 aliphatic heterocycles. The average molecular weight is 512 g/mol. The Morgan fingerprint density at radius 3 is 2.11 bits per heavy atom. The fourth-order valence-corrected chi connectivity index (χ4v) is 5.36. The fraction of sp³-hybridized carbons (Fsp3) is 0.259. The van der Waals surface area contributed by atoms with Gasteiger partial charge in [-0.25, -0.2) is 12.8 Å². The first-order valence-electron chi connectivity index (χ1n) is 11.6. The number of aryl methyl sites for hydroxylation is 1. The number of nitrogens with zero attached hydrogens (tertiary/aromatic N) is 2. The van der Waals surface area contributed by atoms with Gasteiger partial charge in [-0.2, -0.15) is 0 Å². The standard InChI is InChI=1S/C27H30FN3O4S/c1-4-21-12-9-11-17-25(21)31(36(34,35)23-14-6-5-7-15-23)19-26(32)30(20(2)27(33)29-3)18-22-13-8-10-16-24(22)28/h5-17,20H,4,18-19H2,1-3H3,(H,29,33)/t20-/m1/s1. The molecule has 0 saturated heterocycles. The lowest BCUT2D eigenvalue weighted by atomic mass is 10.1. The number of amides is 2. The SMILES string of the molecule is CCc1ccccc1N(CC(=O)N(Cc1ccccc1F)[C@H](C)C(=O)NC)S(=O)(=O)c1ccccc1. The molecule has 190 valence electrons. The van der Waals surface area contributed by atoms with Gasteiger partial charge in [0.25, 0.3) is 10.0 Å². The molecule has 0 unspecified atom stereocenters. The minimum absolute atomic E-state index is 0.0312. The number of likely N-dealkylation sites (N-methyl/N-ethyl adjacent to an activating group) is 1. The van der Waals surface area contributed by atoms with Gasteiger partial charge in [0.05, 0.1) is 10.6 Å². The molecule has 2 amide bonds. The fourth-order valence-electron chi connectivity index (χ4n) is 3.89. The van der Waals surface area contributed by atoms with Gasteiger partial charge in [-0.1, -0.05) is 61.5 Å². The van der Waals surface area contributed by atoms with Crippen molar-refractivity contribution in [2.24, 2.45) is 0 Å². The number of rotatable bonds is 10. The molecular weight excluding hydrogens is 481 g/mol. The van der Waals surface area contributed by atoms with E-state index in [0.717, 1.165) is 9.87 Å². The topological polar surface area (TPSA) is 86.8 Å². The summed E-state index contributed by atoms with van der Waals surface area (Å²) in [5.74, 6) is -1.62. The highest BCUT2D eigenvalue weighted by atomic mass is 32.2. The van der Waals surface area contributed by atoms with Gasteiger partial charge >= 0.3 is 0 Å². The van der Waals surface area contributed by atoms with Gasteiger partial charge in [-0.05, 0) is 43.2 Å². The lowest BCUT2D eigenvalue weighted by molar-refractivity contribution is -0.139. The molecule has 0 aliphatic rings. The Bertz CT molecular complexity index is 1320. The first kappa shape index (κ1) is 26.9. The van der Waals surface area contributed by atoms with Crippen LogP contribution in [0.4, 0.5) is 10.1 Å². The van der Waals surface area contributed by atoms with Crippen molar-refractivity contribution in [3.05, 3.63) is 95.8 Å². The molecule has 9 heteroatoms. The maximum atomic E-state index is 14.5. The maximum absolute atomic E-state index is 14.5. The van der Waals surface area contributed by atoms with Gasteiger partial charge in [0, 0.05) is 19.2 Å². The predicted molar refractivity (Wildman–Crippen MR) is 137 cm³/mol. The number of carbonyl (C=O) groups is 2. The zero-order valence-corrected chi connectivity index (χ0v) is 21.3. The van der Waals surface area contributed by atoms with Crippen LogP contribution in [0.15, 0.2) is 83.8 Å². The summed E-state index contributed by atoms with van der Waals surface area (Å²) in [6.45, 7) is 2.65. The van der Waals surface area contributed by atoms with Crippen molar-refractivity contribution in [1.29, 1.82) is 0 Å². The molecule has 3 rings (SSSR count). The van der Waals surface area contributed by atoms with Crippen molar-refractivity contribution in [2.75, 3.05) is 17.9 Å². The summed E-state index contributed by atoms with van der Waals surface area (Å²) in [7, 11) is -2.70. The van der Waals surface area contributed by atoms with Crippen molar-refractivity contribution in [3.63, 3.8) is 0 Å². The van der Waals surface area contributed by atoms with Gasteiger partial charge in [-0.15, -0.1) is 0 Å². The summed E-state index contributed by atoms with van der Waals surface area (Å²) in [5, 5.41) is 2.50. The Balaban J connectivity index is 2.07. The Morgan fingerprint density at radius 2 is 1.50 bits per heavy atom. The number of sulfonamides is 1. The third kappa shape index (κ3) is 5.91. The first-order chi connectivity index (χ1) is 17.2. The number of halogens is 1. The average Bonchev–Trinajstić information content (AvgIpc) is 2.90. The van der Waals surface area contributed by atoms with E-state index >= 15 is 0 Å². The molecule has 0 heterocycles. The van der Waals surface area contributed by atoms with Crippen LogP contribution in [-0.4, -0.2) is 44.8 Å². The van der Waals surface area contributed by atoms with Crippen LogP contribution in [0.3, 0.4) is 0 Å². The van der Waals surface area contributed by atoms with E-state index in [0.29, 0.717) is 12.1 Å². The maximum Gasteiger partial charge on any atom is 0.264 e. The summed E-state index contributed by atoms with van der Waals surface area (Å²) >= 11 is 0. The van der Waals surface area contributed by atoms with Gasteiger partial charge in [0.1, 0.15) is 18.4 Å². The predicted octanol–water partition coefficient (Wildman–Crippen LogP) is 3.75. The second-order valence-corrected chi connectivity index (χ2v) is 10.1. The second kappa shape index (κ2) is 11.8. The summed E-state index contributed by atoms with van der Waals surface area (Å²) in [5.41, 5.74) is 1.33. The van der Waals surface area contributed by atoms with Crippen LogP contribution in [0.5, 0.6) is 0 Å². The molecule has 0 bridgehead atoms. The van der Waals surface area contributed by atoms with E-state index in [9.17, 15) is 22.4 Å². The van der Waals surface area contributed by atoms with E-state index in [1.54, 1.807) is 48.5 Å². The molecule has 3 aromatic rings. The molecule has 0 aliphatic carbocycles. The number of hydrogen-bond donors (Lipinski definition) is 1. The Kier molecular flexibility index (Phi) is 8.82. The molecular formula is C27H30FN3O4S. The number of carbonyl (C=O) groups excluding carboxylic acids is 2. The molecule has 3 aromatic carbocycles. The lowest BCUT2D eigenvalue weighted by Gasteiger charge is -2.32. The quantitative estimate of drug-likeness (QED) is 0.449. The van der Waals surface area contributed by atoms with Crippen LogP contribution >= 0.6 is 0 Å². The third-order valence-corrected chi connectivity index (χ3v) is 7.74. The van der Waals surface area contributed by atoms with Crippen molar-refractivity contribution < 1.29 is 22.4 Å². The third-order valence-electron chi connectivity index (χ3n) is 5.96. The van der Waals surface area contributed by atoms with Crippen LogP contribution in [0, 0.1) is 5.82 Å². The Morgan fingerprint density at radius 1 is 0.917 bits per heavy atom. The van der Waals surface area contributed by atoms with Gasteiger partial charge in [0.15, 0.2) is 0 Å². The van der Waals surface area contributed by atoms with Crippen LogP contribution in [0.1, 0.15) is 25.0 Å². The molecule has 7 nitrogen and oxygen atoms in total. The van der Waals surface area contributed by atoms with Crippen LogP contribution in [0.2, 0.25) is 0 Å². The van der Waals surface area contributed by atoms with Crippen molar-refractivity contribution in [2.45, 2.75) is 37.8 Å². The summed E-state index contributed by atoms with van der Waals surface area (Å²) in [6, 6.07) is 19.8. The van der Waals surface area contributed by atoms with Gasteiger partial charge in [0.2, 0.25) is 11.8 Å². The lowest BCUT2D eigenvalue weighted by Crippen LogP contribution is -2.51. The van der Waals surface area contributed by atoms with Gasteiger partial charge in [-0.3, -0.25) is 13.9 Å². The highest BCUT2D eigenvalue weighted by Crippen LogP contribution is 2.28. The number of benzene rings is 3. The molecule has 0 spiro atoms. The summed E-state index contributed by atoms with van der Waals surface area (Å²) < 4.78 is 43.0. The van der Waals surface area contributed by atoms with E-state index in [4.69, 9.17) is 0 Å². The Labute approximate surface area is 211 Å².